The predicted molar refractivity (Wildman–Crippen MR) is 144 cm³/mol. The highest BCUT2D eigenvalue weighted by molar-refractivity contribution is 6.31. The van der Waals surface area contributed by atoms with Crippen molar-refractivity contribution in [2.75, 3.05) is 11.9 Å². The van der Waals surface area contributed by atoms with Gasteiger partial charge in [0.25, 0.3) is 0 Å². The minimum Gasteiger partial charge on any atom is -0.330 e. The maximum absolute atomic E-state index is 14.7. The quantitative estimate of drug-likeness (QED) is 0.338. The molecule has 0 aliphatic carbocycles. The van der Waals surface area contributed by atoms with Crippen LogP contribution in [0.25, 0.3) is 16.7 Å². The summed E-state index contributed by atoms with van der Waals surface area (Å²) in [7, 11) is 0. The molecule has 0 radical (unpaired) electrons. The molecule has 1 aromatic heterocycles. The number of anilines is 1. The van der Waals surface area contributed by atoms with Crippen LogP contribution in [0, 0.1) is 23.4 Å². The van der Waals surface area contributed by atoms with E-state index >= 15 is 0 Å². The third-order valence-corrected chi connectivity index (χ3v) is 7.72. The van der Waals surface area contributed by atoms with Gasteiger partial charge >= 0.3 is 0 Å². The molecule has 2 bridgehead atoms. The molecule has 0 spiro atoms. The van der Waals surface area contributed by atoms with E-state index in [-0.39, 0.29) is 46.9 Å². The molecule has 3 aromatic rings. The summed E-state index contributed by atoms with van der Waals surface area (Å²) in [6.07, 6.45) is 5.83. The van der Waals surface area contributed by atoms with Crippen LogP contribution in [0.5, 0.6) is 0 Å². The number of hydrogen-bond donors (Lipinski definition) is 1. The van der Waals surface area contributed by atoms with Gasteiger partial charge in [-0.05, 0) is 72.9 Å². The maximum Gasteiger partial charge on any atom is 0.247 e. The van der Waals surface area contributed by atoms with Gasteiger partial charge in [-0.25, -0.2) is 13.2 Å². The number of nitrogens with one attached hydrogen (secondary N) is 1. The van der Waals surface area contributed by atoms with E-state index in [1.807, 2.05) is 13.0 Å². The number of carbonyl (C=O) groups is 2. The molecule has 0 saturated heterocycles. The van der Waals surface area contributed by atoms with E-state index < -0.39 is 23.5 Å². The van der Waals surface area contributed by atoms with Gasteiger partial charge in [-0.1, -0.05) is 31.4 Å². The van der Waals surface area contributed by atoms with Gasteiger partial charge in [0.2, 0.25) is 11.8 Å². The van der Waals surface area contributed by atoms with Crippen LogP contribution in [0.15, 0.2) is 54.7 Å². The molecule has 2 aromatic carbocycles. The molecule has 1 N–H and O–H groups in total. The van der Waals surface area contributed by atoms with Crippen molar-refractivity contribution >= 4 is 34.7 Å². The SMILES string of the molecule is CC1CCCCC(N2CCC(c3c(F)ccc(Cl)c3F)=CC2=O)c2cc(ccn2)-c2ccc(F)cc2NC1=O. The third-order valence-electron chi connectivity index (χ3n) is 7.43. The lowest BCUT2D eigenvalue weighted by Crippen LogP contribution is -2.38. The Labute approximate surface area is 229 Å². The summed E-state index contributed by atoms with van der Waals surface area (Å²) >= 11 is 5.87. The zero-order chi connectivity index (χ0) is 27.7. The topological polar surface area (TPSA) is 62.3 Å². The molecular weight excluding hydrogens is 527 g/mol. The molecular formula is C30H27ClF3N3O2. The molecule has 9 heteroatoms. The number of carbonyl (C=O) groups excluding carboxylic acids is 2. The Hall–Kier alpha value is -3.65. The molecule has 0 fully saturated rings. The fraction of sp³-hybridized carbons (Fsp3) is 0.300. The average Bonchev–Trinajstić information content (AvgIpc) is 2.91. The summed E-state index contributed by atoms with van der Waals surface area (Å²) in [5, 5.41) is 2.66. The number of amides is 2. The summed E-state index contributed by atoms with van der Waals surface area (Å²) in [6.45, 7) is 2.08. The number of pyridine rings is 1. The number of aromatic nitrogens is 1. The van der Waals surface area contributed by atoms with Gasteiger partial charge in [0, 0.05) is 30.3 Å². The fourth-order valence-electron chi connectivity index (χ4n) is 5.29. The third kappa shape index (κ3) is 5.57. The van der Waals surface area contributed by atoms with Crippen molar-refractivity contribution in [1.29, 1.82) is 0 Å². The number of rotatable bonds is 2. The normalized spacial score (nSPS) is 20.2. The highest BCUT2D eigenvalue weighted by Gasteiger charge is 2.31. The number of halogens is 4. The lowest BCUT2D eigenvalue weighted by atomic mass is 9.94. The van der Waals surface area contributed by atoms with E-state index in [4.69, 9.17) is 11.6 Å². The molecule has 2 aliphatic rings. The minimum atomic E-state index is -0.881. The van der Waals surface area contributed by atoms with Gasteiger partial charge in [0.05, 0.1) is 28.0 Å². The number of benzene rings is 2. The fourth-order valence-corrected chi connectivity index (χ4v) is 5.45. The summed E-state index contributed by atoms with van der Waals surface area (Å²) in [6, 6.07) is 9.70. The van der Waals surface area contributed by atoms with Gasteiger partial charge in [-0.3, -0.25) is 14.6 Å². The number of nitrogens with zero attached hydrogens (tertiary/aromatic N) is 2. The molecule has 2 aliphatic heterocycles. The molecule has 2 unspecified atom stereocenters. The van der Waals surface area contributed by atoms with Crippen LogP contribution in [0.2, 0.25) is 5.02 Å². The second-order valence-corrected chi connectivity index (χ2v) is 10.4. The Morgan fingerprint density at radius 2 is 1.82 bits per heavy atom. The average molecular weight is 554 g/mol. The summed E-state index contributed by atoms with van der Waals surface area (Å²) in [5.74, 6) is -2.96. The van der Waals surface area contributed by atoms with Gasteiger partial charge in [0.1, 0.15) is 11.6 Å². The molecule has 5 rings (SSSR count). The number of fused-ring (bicyclic) bond motifs is 4. The highest BCUT2D eigenvalue weighted by Crippen LogP contribution is 2.37. The molecule has 39 heavy (non-hydrogen) atoms. The lowest BCUT2D eigenvalue weighted by Gasteiger charge is -2.34. The largest absolute Gasteiger partial charge is 0.330 e. The molecule has 2 amide bonds. The van der Waals surface area contributed by atoms with Crippen molar-refractivity contribution in [3.05, 3.63) is 88.5 Å². The summed E-state index contributed by atoms with van der Waals surface area (Å²) < 4.78 is 43.3. The molecule has 5 nitrogen and oxygen atoms in total. The first-order valence-corrected chi connectivity index (χ1v) is 13.3. The van der Waals surface area contributed by atoms with Gasteiger partial charge in [0.15, 0.2) is 5.82 Å². The molecule has 2 atom stereocenters. The van der Waals surface area contributed by atoms with Crippen LogP contribution < -0.4 is 5.32 Å². The van der Waals surface area contributed by atoms with Crippen LogP contribution in [0.1, 0.15) is 56.3 Å². The van der Waals surface area contributed by atoms with E-state index in [1.165, 1.54) is 18.2 Å². The van der Waals surface area contributed by atoms with Crippen LogP contribution in [-0.4, -0.2) is 28.2 Å². The van der Waals surface area contributed by atoms with Gasteiger partial charge in [-0.15, -0.1) is 0 Å². The monoisotopic (exact) mass is 553 g/mol. The van der Waals surface area contributed by atoms with Crippen molar-refractivity contribution in [2.24, 2.45) is 5.92 Å². The smallest absolute Gasteiger partial charge is 0.247 e. The first-order valence-electron chi connectivity index (χ1n) is 12.9. The standard InChI is InChI=1S/C30H27ClF3N3O2/c1-17-4-2-3-5-26(37-13-11-19(15-27(37)38)28-23(33)9-8-22(31)29(28)34)25-14-18(10-12-35-25)21-7-6-20(32)16-24(21)36-30(17)39/h6-10,12,14-17,26H,2-5,11,13H2,1H3,(H,36,39). The first kappa shape index (κ1) is 26.9. The van der Waals surface area contributed by atoms with Crippen LogP contribution in [0.3, 0.4) is 0 Å². The van der Waals surface area contributed by atoms with E-state index in [0.717, 1.165) is 30.5 Å². The van der Waals surface area contributed by atoms with Gasteiger partial charge in [-0.2, -0.15) is 0 Å². The highest BCUT2D eigenvalue weighted by atomic mass is 35.5. The van der Waals surface area contributed by atoms with Gasteiger partial charge < -0.3 is 10.2 Å². The summed E-state index contributed by atoms with van der Waals surface area (Å²) in [5.41, 5.74) is 2.35. The molecule has 202 valence electrons. The maximum atomic E-state index is 14.7. The summed E-state index contributed by atoms with van der Waals surface area (Å²) in [4.78, 5) is 32.5. The molecule has 0 saturated carbocycles. The number of hydrogen-bond acceptors (Lipinski definition) is 3. The van der Waals surface area contributed by atoms with E-state index in [9.17, 15) is 22.8 Å². The van der Waals surface area contributed by atoms with E-state index in [0.29, 0.717) is 29.8 Å². The Kier molecular flexibility index (Phi) is 7.75. The van der Waals surface area contributed by atoms with E-state index in [1.54, 1.807) is 23.2 Å². The Bertz CT molecular complexity index is 1480. The van der Waals surface area contributed by atoms with Crippen molar-refractivity contribution in [3.8, 4) is 11.1 Å². The zero-order valence-electron chi connectivity index (χ0n) is 21.3. The second kappa shape index (κ2) is 11.2. The van der Waals surface area contributed by atoms with Crippen molar-refractivity contribution in [1.82, 2.24) is 9.88 Å². The zero-order valence-corrected chi connectivity index (χ0v) is 22.1. The van der Waals surface area contributed by atoms with Crippen molar-refractivity contribution < 1.29 is 22.8 Å². The Morgan fingerprint density at radius 1 is 1.03 bits per heavy atom. The van der Waals surface area contributed by atoms with Crippen LogP contribution in [-0.2, 0) is 9.59 Å². The lowest BCUT2D eigenvalue weighted by molar-refractivity contribution is -0.129. The van der Waals surface area contributed by atoms with E-state index in [2.05, 4.69) is 10.3 Å². The Morgan fingerprint density at radius 3 is 2.62 bits per heavy atom. The Balaban J connectivity index is 1.52. The van der Waals surface area contributed by atoms with Crippen molar-refractivity contribution in [3.63, 3.8) is 0 Å². The van der Waals surface area contributed by atoms with Crippen molar-refractivity contribution in [2.45, 2.75) is 45.1 Å². The molecule has 3 heterocycles. The first-order chi connectivity index (χ1) is 18.7. The second-order valence-electron chi connectivity index (χ2n) is 10.0. The predicted octanol–water partition coefficient (Wildman–Crippen LogP) is 7.32. The van der Waals surface area contributed by atoms with Crippen LogP contribution >= 0.6 is 11.6 Å². The minimum absolute atomic E-state index is 0.184. The van der Waals surface area contributed by atoms with Crippen LogP contribution in [0.4, 0.5) is 18.9 Å².